The molecule has 1 aromatic heterocycles. The zero-order valence-corrected chi connectivity index (χ0v) is 13.5. The van der Waals surface area contributed by atoms with Crippen LogP contribution in [-0.4, -0.2) is 17.6 Å². The molecule has 0 fully saturated rings. The number of nitrogens with zero attached hydrogens (tertiary/aromatic N) is 1. The number of methoxy groups -OCH3 is 1. The lowest BCUT2D eigenvalue weighted by Crippen LogP contribution is -2.15. The van der Waals surface area contributed by atoms with Crippen molar-refractivity contribution in [2.45, 2.75) is 0 Å². The van der Waals surface area contributed by atoms with Crippen LogP contribution in [0.25, 0.3) is 0 Å². The number of para-hydroxylation sites is 2. The van der Waals surface area contributed by atoms with Gasteiger partial charge in [-0.15, -0.1) is 0 Å². The molecule has 0 bridgehead atoms. The van der Waals surface area contributed by atoms with Crippen molar-refractivity contribution in [2.75, 3.05) is 12.4 Å². The summed E-state index contributed by atoms with van der Waals surface area (Å²) in [4.78, 5) is 12.2. The van der Waals surface area contributed by atoms with Gasteiger partial charge in [0, 0.05) is 18.9 Å². The van der Waals surface area contributed by atoms with E-state index in [0.717, 1.165) is 0 Å². The molecule has 2 aromatic carbocycles. The molecule has 3 aromatic rings. The number of aromatic nitrogens is 1. The Morgan fingerprint density at radius 2 is 1.67 bits per heavy atom. The van der Waals surface area contributed by atoms with Gasteiger partial charge in [0.15, 0.2) is 11.5 Å². The second-order valence-electron chi connectivity index (χ2n) is 5.24. The lowest BCUT2D eigenvalue weighted by molar-refractivity contribution is 0.101. The van der Waals surface area contributed by atoms with Gasteiger partial charge >= 0.3 is 0 Å². The summed E-state index contributed by atoms with van der Waals surface area (Å²) >= 11 is 0. The second kappa shape index (κ2) is 6.91. The molecule has 0 unspecified atom stereocenters. The summed E-state index contributed by atoms with van der Waals surface area (Å²) in [6.07, 6.45) is 1.83. The Balaban J connectivity index is 1.69. The predicted octanol–water partition coefficient (Wildman–Crippen LogP) is 4.08. The monoisotopic (exact) mass is 322 g/mol. The largest absolute Gasteiger partial charge is 0.493 e. The molecule has 5 nitrogen and oxygen atoms in total. The minimum absolute atomic E-state index is 0.152. The van der Waals surface area contributed by atoms with E-state index in [1.165, 1.54) is 0 Å². The first-order valence-corrected chi connectivity index (χ1v) is 7.51. The number of hydrogen-bond donors (Lipinski definition) is 1. The van der Waals surface area contributed by atoms with E-state index in [4.69, 9.17) is 9.47 Å². The minimum Gasteiger partial charge on any atom is -0.493 e. The average molecular weight is 322 g/mol. The molecule has 0 radical (unpaired) electrons. The second-order valence-corrected chi connectivity index (χ2v) is 5.24. The third-order valence-corrected chi connectivity index (χ3v) is 3.59. The lowest BCUT2D eigenvalue weighted by atomic mass is 10.2. The van der Waals surface area contributed by atoms with E-state index in [9.17, 15) is 4.79 Å². The number of carbonyl (C=O) groups excluding carboxylic acids is 1. The number of ether oxygens (including phenoxy) is 2. The summed E-state index contributed by atoms with van der Waals surface area (Å²) in [5.41, 5.74) is 1.30. The first-order chi connectivity index (χ1) is 11.7. The van der Waals surface area contributed by atoms with E-state index in [-0.39, 0.29) is 5.91 Å². The average Bonchev–Trinajstić information content (AvgIpc) is 3.03. The van der Waals surface area contributed by atoms with Crippen molar-refractivity contribution in [1.82, 2.24) is 4.57 Å². The van der Waals surface area contributed by atoms with Crippen molar-refractivity contribution < 1.29 is 14.3 Å². The maximum absolute atomic E-state index is 12.2. The molecule has 0 spiro atoms. The van der Waals surface area contributed by atoms with Crippen LogP contribution in [-0.2, 0) is 7.05 Å². The highest BCUT2D eigenvalue weighted by Gasteiger charge is 2.09. The number of aryl methyl sites for hydroxylation is 1. The van der Waals surface area contributed by atoms with E-state index in [2.05, 4.69) is 5.32 Å². The molecule has 5 heteroatoms. The number of amides is 1. The number of rotatable bonds is 5. The number of benzene rings is 2. The maximum Gasteiger partial charge on any atom is 0.272 e. The number of hydrogen-bond acceptors (Lipinski definition) is 3. The minimum atomic E-state index is -0.152. The lowest BCUT2D eigenvalue weighted by Gasteiger charge is -2.11. The maximum atomic E-state index is 12.2. The summed E-state index contributed by atoms with van der Waals surface area (Å²) in [5, 5.41) is 2.86. The van der Waals surface area contributed by atoms with Crippen molar-refractivity contribution in [1.29, 1.82) is 0 Å². The summed E-state index contributed by atoms with van der Waals surface area (Å²) in [6, 6.07) is 18.2. The highest BCUT2D eigenvalue weighted by atomic mass is 16.5. The van der Waals surface area contributed by atoms with Crippen LogP contribution in [0.15, 0.2) is 66.9 Å². The zero-order chi connectivity index (χ0) is 16.9. The fourth-order valence-corrected chi connectivity index (χ4v) is 2.33. The van der Waals surface area contributed by atoms with Gasteiger partial charge in [0.25, 0.3) is 5.91 Å². The Bertz CT molecular complexity index is 838. The number of anilines is 1. The normalized spacial score (nSPS) is 10.2. The molecular formula is C19H18N2O3. The van der Waals surface area contributed by atoms with Crippen LogP contribution in [0.5, 0.6) is 17.2 Å². The van der Waals surface area contributed by atoms with Crippen LogP contribution in [0, 0.1) is 0 Å². The topological polar surface area (TPSA) is 52.5 Å². The van der Waals surface area contributed by atoms with Gasteiger partial charge in [-0.2, -0.15) is 0 Å². The summed E-state index contributed by atoms with van der Waals surface area (Å²) in [5.74, 6) is 1.82. The Morgan fingerprint density at radius 3 is 2.29 bits per heavy atom. The summed E-state index contributed by atoms with van der Waals surface area (Å²) in [7, 11) is 3.43. The predicted molar refractivity (Wildman–Crippen MR) is 92.9 cm³/mol. The Labute approximate surface area is 140 Å². The molecule has 0 saturated heterocycles. The fraction of sp³-hybridized carbons (Fsp3) is 0.105. The molecule has 0 aliphatic heterocycles. The number of carbonyl (C=O) groups is 1. The van der Waals surface area contributed by atoms with Crippen molar-refractivity contribution >= 4 is 11.6 Å². The molecule has 0 saturated carbocycles. The van der Waals surface area contributed by atoms with Gasteiger partial charge in [-0.1, -0.05) is 12.1 Å². The summed E-state index contributed by atoms with van der Waals surface area (Å²) < 4.78 is 12.8. The van der Waals surface area contributed by atoms with Gasteiger partial charge in [0.05, 0.1) is 7.11 Å². The molecule has 3 rings (SSSR count). The van der Waals surface area contributed by atoms with Gasteiger partial charge in [-0.25, -0.2) is 0 Å². The van der Waals surface area contributed by atoms with Crippen LogP contribution < -0.4 is 14.8 Å². The van der Waals surface area contributed by atoms with Crippen molar-refractivity contribution in [3.05, 3.63) is 72.6 Å². The SMILES string of the molecule is COc1ccccc1Oc1ccc(NC(=O)c2cccn2C)cc1. The third-order valence-electron chi connectivity index (χ3n) is 3.59. The van der Waals surface area contributed by atoms with E-state index >= 15 is 0 Å². The van der Waals surface area contributed by atoms with E-state index in [1.807, 2.05) is 43.6 Å². The molecular weight excluding hydrogens is 304 g/mol. The highest BCUT2D eigenvalue weighted by Crippen LogP contribution is 2.31. The smallest absolute Gasteiger partial charge is 0.272 e. The molecule has 24 heavy (non-hydrogen) atoms. The molecule has 1 N–H and O–H groups in total. The van der Waals surface area contributed by atoms with Crippen LogP contribution in [0.3, 0.4) is 0 Å². The fourth-order valence-electron chi connectivity index (χ4n) is 2.33. The van der Waals surface area contributed by atoms with Crippen LogP contribution >= 0.6 is 0 Å². The first-order valence-electron chi connectivity index (χ1n) is 7.51. The molecule has 0 aliphatic rings. The van der Waals surface area contributed by atoms with Crippen LogP contribution in [0.4, 0.5) is 5.69 Å². The standard InChI is InChI=1S/C19H18N2O3/c1-21-13-5-6-16(21)19(22)20-14-9-11-15(12-10-14)24-18-8-4-3-7-17(18)23-2/h3-13H,1-2H3,(H,20,22). The van der Waals surface area contributed by atoms with E-state index < -0.39 is 0 Å². The van der Waals surface area contributed by atoms with Gasteiger partial charge < -0.3 is 19.4 Å². The van der Waals surface area contributed by atoms with Crippen LogP contribution in [0.2, 0.25) is 0 Å². The highest BCUT2D eigenvalue weighted by molar-refractivity contribution is 6.03. The van der Waals surface area contributed by atoms with Crippen molar-refractivity contribution in [3.63, 3.8) is 0 Å². The Morgan fingerprint density at radius 1 is 0.958 bits per heavy atom. The van der Waals surface area contributed by atoms with Gasteiger partial charge in [0.1, 0.15) is 11.4 Å². The van der Waals surface area contributed by atoms with E-state index in [1.54, 1.807) is 42.0 Å². The molecule has 0 aliphatic carbocycles. The third kappa shape index (κ3) is 3.41. The van der Waals surface area contributed by atoms with Gasteiger partial charge in [0.2, 0.25) is 0 Å². The molecule has 0 atom stereocenters. The van der Waals surface area contributed by atoms with Crippen molar-refractivity contribution in [3.8, 4) is 17.2 Å². The van der Waals surface area contributed by atoms with E-state index in [0.29, 0.717) is 28.6 Å². The van der Waals surface area contributed by atoms with Crippen LogP contribution in [0.1, 0.15) is 10.5 Å². The molecule has 122 valence electrons. The Kier molecular flexibility index (Phi) is 4.52. The van der Waals surface area contributed by atoms with Gasteiger partial charge in [-0.05, 0) is 48.5 Å². The quantitative estimate of drug-likeness (QED) is 0.770. The van der Waals surface area contributed by atoms with Crippen molar-refractivity contribution in [2.24, 2.45) is 7.05 Å². The molecule has 1 heterocycles. The zero-order valence-electron chi connectivity index (χ0n) is 13.5. The Hall–Kier alpha value is -3.21. The first kappa shape index (κ1) is 15.7. The molecule has 1 amide bonds. The number of nitrogens with one attached hydrogen (secondary N) is 1. The van der Waals surface area contributed by atoms with Gasteiger partial charge in [-0.3, -0.25) is 4.79 Å². The summed E-state index contributed by atoms with van der Waals surface area (Å²) in [6.45, 7) is 0.